The maximum absolute atomic E-state index is 12.7. The number of benzene rings is 2. The van der Waals surface area contributed by atoms with Crippen molar-refractivity contribution in [2.75, 3.05) is 16.8 Å². The van der Waals surface area contributed by atoms with Crippen LogP contribution >= 0.6 is 34.8 Å². The van der Waals surface area contributed by atoms with E-state index in [1.807, 2.05) is 18.2 Å². The van der Waals surface area contributed by atoms with Crippen molar-refractivity contribution in [2.24, 2.45) is 0 Å². The van der Waals surface area contributed by atoms with Crippen LogP contribution in [0, 0.1) is 0 Å². The molecule has 2 aromatic carbocycles. The number of halogens is 3. The molecule has 1 atom stereocenters. The lowest BCUT2D eigenvalue weighted by atomic mass is 10.1. The lowest BCUT2D eigenvalue weighted by molar-refractivity contribution is -0.125. The van der Waals surface area contributed by atoms with Crippen molar-refractivity contribution in [3.8, 4) is 5.75 Å². The van der Waals surface area contributed by atoms with Gasteiger partial charge in [0.05, 0.1) is 5.69 Å². The summed E-state index contributed by atoms with van der Waals surface area (Å²) in [5.41, 5.74) is 2.20. The van der Waals surface area contributed by atoms with Gasteiger partial charge in [0, 0.05) is 12.2 Å². The minimum atomic E-state index is -2.08. The molecule has 0 radical (unpaired) electrons. The van der Waals surface area contributed by atoms with Gasteiger partial charge in [0.2, 0.25) is 0 Å². The van der Waals surface area contributed by atoms with Crippen molar-refractivity contribution < 1.29 is 14.3 Å². The summed E-state index contributed by atoms with van der Waals surface area (Å²) in [5.74, 6) is -0.339. The van der Waals surface area contributed by atoms with Crippen LogP contribution in [0.1, 0.15) is 18.9 Å². The Morgan fingerprint density at radius 3 is 2.57 bits per heavy atom. The first-order valence-electron chi connectivity index (χ1n) is 8.80. The Hall–Kier alpha value is -1.95. The fourth-order valence-corrected chi connectivity index (χ4v) is 3.15. The maximum atomic E-state index is 12.7. The molecule has 1 aliphatic rings. The van der Waals surface area contributed by atoms with Gasteiger partial charge < -0.3 is 15.0 Å². The van der Waals surface area contributed by atoms with Gasteiger partial charge in [-0.15, -0.1) is 0 Å². The van der Waals surface area contributed by atoms with E-state index in [0.717, 1.165) is 12.8 Å². The summed E-state index contributed by atoms with van der Waals surface area (Å²) in [6.07, 6.45) is 1.05. The van der Waals surface area contributed by atoms with Crippen LogP contribution in [0.15, 0.2) is 48.5 Å². The molecule has 0 aliphatic carbocycles. The molecule has 8 heteroatoms. The van der Waals surface area contributed by atoms with E-state index in [-0.39, 0.29) is 5.91 Å². The van der Waals surface area contributed by atoms with Crippen molar-refractivity contribution >= 4 is 58.0 Å². The number of fused-ring (bicyclic) bond motifs is 1. The van der Waals surface area contributed by atoms with Crippen molar-refractivity contribution in [2.45, 2.75) is 29.7 Å². The molecule has 0 aromatic heterocycles. The van der Waals surface area contributed by atoms with Crippen molar-refractivity contribution in [1.82, 2.24) is 0 Å². The first-order chi connectivity index (χ1) is 13.3. The number of alkyl halides is 3. The molecule has 1 N–H and O–H groups in total. The molecule has 2 amide bonds. The molecule has 0 fully saturated rings. The van der Waals surface area contributed by atoms with Gasteiger partial charge in [0.1, 0.15) is 5.75 Å². The number of amides is 2. The van der Waals surface area contributed by atoms with E-state index in [0.29, 0.717) is 23.7 Å². The largest absolute Gasteiger partial charge is 0.479 e. The number of hydrogen-bond acceptors (Lipinski definition) is 3. The predicted molar refractivity (Wildman–Crippen MR) is 113 cm³/mol. The van der Waals surface area contributed by atoms with Gasteiger partial charge in [-0.3, -0.25) is 9.59 Å². The first-order valence-corrected chi connectivity index (χ1v) is 9.93. The quantitative estimate of drug-likeness (QED) is 0.682. The van der Waals surface area contributed by atoms with E-state index in [1.54, 1.807) is 30.0 Å². The van der Waals surface area contributed by atoms with Crippen molar-refractivity contribution in [3.05, 3.63) is 54.1 Å². The molecule has 148 valence electrons. The van der Waals surface area contributed by atoms with Gasteiger partial charge in [-0.2, -0.15) is 0 Å². The molecule has 5 nitrogen and oxygen atoms in total. The molecule has 0 spiro atoms. The van der Waals surface area contributed by atoms with E-state index in [4.69, 9.17) is 39.5 Å². The summed E-state index contributed by atoms with van der Waals surface area (Å²) in [7, 11) is 0. The van der Waals surface area contributed by atoms with Crippen LogP contribution in [-0.4, -0.2) is 28.3 Å². The zero-order chi connectivity index (χ0) is 20.3. The Morgan fingerprint density at radius 2 is 1.89 bits per heavy atom. The summed E-state index contributed by atoms with van der Waals surface area (Å²) >= 11 is 16.8. The third kappa shape index (κ3) is 4.90. The summed E-state index contributed by atoms with van der Waals surface area (Å²) in [5, 5.41) is 2.53. The monoisotopic (exact) mass is 440 g/mol. The molecule has 0 saturated carbocycles. The zero-order valence-corrected chi connectivity index (χ0v) is 17.4. The molecule has 2 aromatic rings. The molecular weight excluding hydrogens is 423 g/mol. The molecule has 3 rings (SSSR count). The molecule has 1 heterocycles. The molecule has 1 unspecified atom stereocenters. The smallest absolute Gasteiger partial charge is 0.276 e. The summed E-state index contributed by atoms with van der Waals surface area (Å²) in [4.78, 5) is 26.3. The minimum Gasteiger partial charge on any atom is -0.479 e. The Bertz CT molecular complexity index is 869. The highest BCUT2D eigenvalue weighted by atomic mass is 35.6. The lowest BCUT2D eigenvalue weighted by Crippen LogP contribution is -2.45. The highest BCUT2D eigenvalue weighted by Gasteiger charge is 2.33. The van der Waals surface area contributed by atoms with Gasteiger partial charge in [0.25, 0.3) is 15.6 Å². The summed E-state index contributed by atoms with van der Waals surface area (Å²) in [6.45, 7) is 2.24. The molecule has 0 saturated heterocycles. The average Bonchev–Trinajstić information content (AvgIpc) is 2.65. The van der Waals surface area contributed by atoms with Crippen LogP contribution in [0.4, 0.5) is 11.4 Å². The average molecular weight is 442 g/mol. The molecule has 1 aliphatic heterocycles. The van der Waals surface area contributed by atoms with E-state index in [2.05, 4.69) is 17.4 Å². The standard InChI is InChI=1S/C20H19Cl3N2O3/c1-13-18(26)25(11-5-8-14-6-3-2-4-7-14)16-12-15(9-10-17(16)28-13)24-19(27)20(21,22)23/h2-4,6-7,9-10,12-13H,5,8,11H2,1H3,(H,24,27). The van der Waals surface area contributed by atoms with E-state index in [1.165, 1.54) is 5.56 Å². The van der Waals surface area contributed by atoms with Gasteiger partial charge in [0.15, 0.2) is 6.10 Å². The molecule has 28 heavy (non-hydrogen) atoms. The predicted octanol–water partition coefficient (Wildman–Crippen LogP) is 4.74. The highest BCUT2D eigenvalue weighted by molar-refractivity contribution is 6.76. The minimum absolute atomic E-state index is 0.134. The number of nitrogens with zero attached hydrogens (tertiary/aromatic N) is 1. The first kappa shape index (κ1) is 20.8. The normalized spacial score (nSPS) is 16.4. The summed E-state index contributed by atoms with van der Waals surface area (Å²) in [6, 6.07) is 15.0. The third-order valence-corrected chi connectivity index (χ3v) is 4.89. The number of nitrogens with one attached hydrogen (secondary N) is 1. The zero-order valence-electron chi connectivity index (χ0n) is 15.1. The Kier molecular flexibility index (Phi) is 6.38. The summed E-state index contributed by atoms with van der Waals surface area (Å²) < 4.78 is 3.61. The SMILES string of the molecule is CC1Oc2ccc(NC(=O)C(Cl)(Cl)Cl)cc2N(CCCc2ccccc2)C1=O. The van der Waals surface area contributed by atoms with E-state index < -0.39 is 15.8 Å². The number of rotatable bonds is 5. The molecular formula is C20H19Cl3N2O3. The van der Waals surface area contributed by atoms with Gasteiger partial charge in [-0.25, -0.2) is 0 Å². The second-order valence-electron chi connectivity index (χ2n) is 6.47. The van der Waals surface area contributed by atoms with Crippen LogP contribution in [0.2, 0.25) is 0 Å². The van der Waals surface area contributed by atoms with E-state index in [9.17, 15) is 9.59 Å². The van der Waals surface area contributed by atoms with E-state index >= 15 is 0 Å². The number of aryl methyl sites for hydroxylation is 1. The van der Waals surface area contributed by atoms with Gasteiger partial charge in [-0.05, 0) is 43.5 Å². The number of carbonyl (C=O) groups is 2. The van der Waals surface area contributed by atoms with Crippen molar-refractivity contribution in [3.63, 3.8) is 0 Å². The second-order valence-corrected chi connectivity index (χ2v) is 8.75. The molecule has 0 bridgehead atoms. The van der Waals surface area contributed by atoms with Crippen LogP contribution in [0.5, 0.6) is 5.75 Å². The number of hydrogen-bond donors (Lipinski definition) is 1. The van der Waals surface area contributed by atoms with Gasteiger partial charge >= 0.3 is 0 Å². The van der Waals surface area contributed by atoms with Crippen LogP contribution in [0.3, 0.4) is 0 Å². The van der Waals surface area contributed by atoms with Gasteiger partial charge in [-0.1, -0.05) is 65.1 Å². The van der Waals surface area contributed by atoms with Crippen molar-refractivity contribution in [1.29, 1.82) is 0 Å². The van der Waals surface area contributed by atoms with Crippen LogP contribution < -0.4 is 15.0 Å². The number of carbonyl (C=O) groups excluding carboxylic acids is 2. The Morgan fingerprint density at radius 1 is 1.18 bits per heavy atom. The lowest BCUT2D eigenvalue weighted by Gasteiger charge is -2.33. The highest BCUT2D eigenvalue weighted by Crippen LogP contribution is 2.37. The fraction of sp³-hybridized carbons (Fsp3) is 0.300. The Balaban J connectivity index is 1.78. The van der Waals surface area contributed by atoms with Crippen LogP contribution in [0.25, 0.3) is 0 Å². The van der Waals surface area contributed by atoms with Crippen LogP contribution in [-0.2, 0) is 16.0 Å². The maximum Gasteiger partial charge on any atom is 0.276 e. The topological polar surface area (TPSA) is 58.6 Å². The Labute approximate surface area is 178 Å². The number of ether oxygens (including phenoxy) is 1. The second kappa shape index (κ2) is 8.60. The fourth-order valence-electron chi connectivity index (χ4n) is 3.00. The third-order valence-electron chi connectivity index (χ3n) is 4.37. The number of anilines is 2.